The van der Waals surface area contributed by atoms with Crippen LogP contribution in [0.15, 0.2) is 47.4 Å². The maximum atomic E-state index is 12.5. The number of anilines is 1. The molecule has 0 unspecified atom stereocenters. The fraction of sp³-hybridized carbons (Fsp3) is 0.278. The Morgan fingerprint density at radius 3 is 2.23 bits per heavy atom. The van der Waals surface area contributed by atoms with Crippen LogP contribution in [-0.4, -0.2) is 27.0 Å². The normalized spacial score (nSPS) is 11.7. The van der Waals surface area contributed by atoms with E-state index in [1.807, 2.05) is 20.8 Å². The first-order valence-corrected chi connectivity index (χ1v) is 9.67. The van der Waals surface area contributed by atoms with Crippen molar-refractivity contribution in [2.45, 2.75) is 31.2 Å². The van der Waals surface area contributed by atoms with Gasteiger partial charge in [-0.3, -0.25) is 9.52 Å². The topological polar surface area (TPSA) is 84.5 Å². The summed E-state index contributed by atoms with van der Waals surface area (Å²) >= 11 is 6.09. The molecule has 26 heavy (non-hydrogen) atoms. The molecule has 0 fully saturated rings. The second-order valence-electron chi connectivity index (χ2n) is 6.68. The van der Waals surface area contributed by atoms with Gasteiger partial charge in [0, 0.05) is 11.2 Å². The van der Waals surface area contributed by atoms with Crippen LogP contribution in [0.25, 0.3) is 0 Å². The number of amides is 1. The number of methoxy groups -OCH3 is 1. The molecule has 2 rings (SSSR count). The number of carbonyl (C=O) groups is 1. The van der Waals surface area contributed by atoms with Crippen LogP contribution in [0, 0.1) is 0 Å². The van der Waals surface area contributed by atoms with E-state index in [0.29, 0.717) is 5.75 Å². The molecule has 0 saturated heterocycles. The van der Waals surface area contributed by atoms with Gasteiger partial charge in [0.05, 0.1) is 22.6 Å². The zero-order chi connectivity index (χ0) is 19.5. The lowest BCUT2D eigenvalue weighted by atomic mass is 10.1. The van der Waals surface area contributed by atoms with E-state index in [-0.39, 0.29) is 27.1 Å². The van der Waals surface area contributed by atoms with Crippen LogP contribution >= 0.6 is 11.6 Å². The molecular formula is C18H21ClN2O4S. The zero-order valence-electron chi connectivity index (χ0n) is 15.0. The lowest BCUT2D eigenvalue weighted by Gasteiger charge is -2.21. The second kappa shape index (κ2) is 7.55. The summed E-state index contributed by atoms with van der Waals surface area (Å²) in [5.74, 6) is 0.171. The molecule has 140 valence electrons. The highest BCUT2D eigenvalue weighted by molar-refractivity contribution is 7.92. The Morgan fingerprint density at radius 1 is 1.08 bits per heavy atom. The molecule has 0 atom stereocenters. The number of carbonyl (C=O) groups excluding carboxylic acids is 1. The Bertz CT molecular complexity index is 904. The molecule has 8 heteroatoms. The lowest BCUT2D eigenvalue weighted by Crippen LogP contribution is -2.40. The third-order valence-electron chi connectivity index (χ3n) is 3.32. The summed E-state index contributed by atoms with van der Waals surface area (Å²) in [5.41, 5.74) is -0.0141. The minimum Gasteiger partial charge on any atom is -0.497 e. The molecule has 0 spiro atoms. The number of halogens is 1. The van der Waals surface area contributed by atoms with Gasteiger partial charge in [-0.25, -0.2) is 8.42 Å². The van der Waals surface area contributed by atoms with E-state index in [4.69, 9.17) is 16.3 Å². The molecular weight excluding hydrogens is 376 g/mol. The fourth-order valence-corrected chi connectivity index (χ4v) is 3.39. The molecule has 0 radical (unpaired) electrons. The Balaban J connectivity index is 2.28. The van der Waals surface area contributed by atoms with Crippen LogP contribution in [0.5, 0.6) is 5.75 Å². The van der Waals surface area contributed by atoms with Crippen LogP contribution in [-0.2, 0) is 10.0 Å². The minimum atomic E-state index is -3.81. The van der Waals surface area contributed by atoms with Gasteiger partial charge in [-0.2, -0.15) is 0 Å². The molecule has 0 saturated carbocycles. The van der Waals surface area contributed by atoms with Crippen LogP contribution < -0.4 is 14.8 Å². The van der Waals surface area contributed by atoms with Gasteiger partial charge < -0.3 is 10.1 Å². The van der Waals surface area contributed by atoms with Crippen molar-refractivity contribution < 1.29 is 17.9 Å². The average molecular weight is 397 g/mol. The smallest absolute Gasteiger partial charge is 0.261 e. The fourth-order valence-electron chi connectivity index (χ4n) is 2.14. The predicted octanol–water partition coefficient (Wildman–Crippen LogP) is 3.68. The van der Waals surface area contributed by atoms with Gasteiger partial charge in [0.1, 0.15) is 5.75 Å². The quantitative estimate of drug-likeness (QED) is 0.807. The van der Waals surface area contributed by atoms with E-state index in [0.717, 1.165) is 0 Å². The summed E-state index contributed by atoms with van der Waals surface area (Å²) in [5, 5.41) is 3.03. The first-order valence-electron chi connectivity index (χ1n) is 7.81. The molecule has 0 aromatic heterocycles. The van der Waals surface area contributed by atoms with E-state index >= 15 is 0 Å². The predicted molar refractivity (Wildman–Crippen MR) is 102 cm³/mol. The molecule has 2 N–H and O–H groups in total. The third kappa shape index (κ3) is 5.12. The van der Waals surface area contributed by atoms with Crippen molar-refractivity contribution in [2.24, 2.45) is 0 Å². The van der Waals surface area contributed by atoms with Gasteiger partial charge in [-0.15, -0.1) is 0 Å². The van der Waals surface area contributed by atoms with Crippen LogP contribution in [0.3, 0.4) is 0 Å². The van der Waals surface area contributed by atoms with E-state index in [1.54, 1.807) is 12.1 Å². The molecule has 0 aliphatic carbocycles. The van der Waals surface area contributed by atoms with Crippen LogP contribution in [0.1, 0.15) is 31.1 Å². The van der Waals surface area contributed by atoms with Crippen molar-refractivity contribution in [1.29, 1.82) is 0 Å². The maximum absolute atomic E-state index is 12.5. The summed E-state index contributed by atoms with van der Waals surface area (Å²) < 4.78 is 32.5. The van der Waals surface area contributed by atoms with E-state index in [9.17, 15) is 13.2 Å². The molecule has 0 heterocycles. The highest BCUT2D eigenvalue weighted by atomic mass is 35.5. The highest BCUT2D eigenvalue weighted by Crippen LogP contribution is 2.24. The van der Waals surface area contributed by atoms with Crippen molar-refractivity contribution in [3.8, 4) is 5.75 Å². The molecule has 2 aromatic rings. The van der Waals surface area contributed by atoms with E-state index < -0.39 is 15.6 Å². The number of benzene rings is 2. The van der Waals surface area contributed by atoms with Crippen molar-refractivity contribution in [1.82, 2.24) is 5.32 Å². The molecule has 0 bridgehead atoms. The van der Waals surface area contributed by atoms with Gasteiger partial charge in [-0.1, -0.05) is 11.6 Å². The summed E-state index contributed by atoms with van der Waals surface area (Å²) in [4.78, 5) is 12.4. The van der Waals surface area contributed by atoms with E-state index in [2.05, 4.69) is 10.0 Å². The Morgan fingerprint density at radius 2 is 1.69 bits per heavy atom. The summed E-state index contributed by atoms with van der Waals surface area (Å²) in [7, 11) is -2.31. The maximum Gasteiger partial charge on any atom is 0.261 e. The summed E-state index contributed by atoms with van der Waals surface area (Å²) in [6.45, 7) is 5.53. The van der Waals surface area contributed by atoms with Crippen molar-refractivity contribution in [2.75, 3.05) is 11.8 Å². The zero-order valence-corrected chi connectivity index (χ0v) is 16.5. The molecule has 0 aliphatic heterocycles. The van der Waals surface area contributed by atoms with Crippen molar-refractivity contribution >= 4 is 33.2 Å². The first kappa shape index (κ1) is 20.1. The number of hydrogen-bond donors (Lipinski definition) is 2. The van der Waals surface area contributed by atoms with Gasteiger partial charge in [-0.05, 0) is 63.2 Å². The standard InChI is InChI=1S/C18H21ClN2O4S/c1-18(2,3)20-17(22)15-11-12(5-10-16(15)19)21-26(23,24)14-8-6-13(25-4)7-9-14/h5-11,21H,1-4H3,(H,20,22). The van der Waals surface area contributed by atoms with Crippen LogP contribution in [0.2, 0.25) is 5.02 Å². The molecule has 6 nitrogen and oxygen atoms in total. The lowest BCUT2D eigenvalue weighted by molar-refractivity contribution is 0.0919. The number of ether oxygens (including phenoxy) is 1. The monoisotopic (exact) mass is 396 g/mol. The summed E-state index contributed by atoms with van der Waals surface area (Å²) in [6.07, 6.45) is 0. The largest absolute Gasteiger partial charge is 0.497 e. The minimum absolute atomic E-state index is 0.0777. The van der Waals surface area contributed by atoms with Gasteiger partial charge in [0.25, 0.3) is 15.9 Å². The number of rotatable bonds is 5. The first-order chi connectivity index (χ1) is 12.0. The molecule has 2 aromatic carbocycles. The summed E-state index contributed by atoms with van der Waals surface area (Å²) in [6, 6.07) is 10.4. The number of nitrogens with one attached hydrogen (secondary N) is 2. The van der Waals surface area contributed by atoms with E-state index in [1.165, 1.54) is 37.4 Å². The average Bonchev–Trinajstić information content (AvgIpc) is 2.55. The van der Waals surface area contributed by atoms with Gasteiger partial charge in [0.2, 0.25) is 0 Å². The van der Waals surface area contributed by atoms with Gasteiger partial charge in [0.15, 0.2) is 0 Å². The van der Waals surface area contributed by atoms with Gasteiger partial charge >= 0.3 is 0 Å². The van der Waals surface area contributed by atoms with Crippen molar-refractivity contribution in [3.63, 3.8) is 0 Å². The number of sulfonamides is 1. The Hall–Kier alpha value is -2.25. The number of hydrogen-bond acceptors (Lipinski definition) is 4. The SMILES string of the molecule is COc1ccc(S(=O)(=O)Nc2ccc(Cl)c(C(=O)NC(C)(C)C)c2)cc1. The molecule has 1 amide bonds. The second-order valence-corrected chi connectivity index (χ2v) is 8.77. The Kier molecular flexibility index (Phi) is 5.83. The third-order valence-corrected chi connectivity index (χ3v) is 5.05. The highest BCUT2D eigenvalue weighted by Gasteiger charge is 2.20. The van der Waals surface area contributed by atoms with Crippen molar-refractivity contribution in [3.05, 3.63) is 53.1 Å². The molecule has 0 aliphatic rings. The Labute approximate surface area is 158 Å². The van der Waals surface area contributed by atoms with Crippen LogP contribution in [0.4, 0.5) is 5.69 Å².